The second kappa shape index (κ2) is 15.0. The predicted octanol–water partition coefficient (Wildman–Crippen LogP) is 16.8. The molecule has 0 unspecified atom stereocenters. The van der Waals surface area contributed by atoms with Crippen molar-refractivity contribution < 1.29 is 11.0 Å². The van der Waals surface area contributed by atoms with Crippen molar-refractivity contribution in [3.05, 3.63) is 249 Å². The fourth-order valence-corrected chi connectivity index (χ4v) is 11.2. The summed E-state index contributed by atoms with van der Waals surface area (Å²) in [7, 11) is 0. The molecule has 15 aromatic rings. The minimum Gasteiger partial charge on any atom is -0.309 e. The van der Waals surface area contributed by atoms with Crippen molar-refractivity contribution in [1.82, 2.24) is 23.3 Å². The Bertz CT molecular complexity index is 4900. The molecule has 5 heteroatoms. The summed E-state index contributed by atoms with van der Waals surface area (Å²) in [6.07, 6.45) is 0. The number of hydrogen-bond donors (Lipinski definition) is 0. The zero-order valence-corrected chi connectivity index (χ0v) is 37.3. The summed E-state index contributed by atoms with van der Waals surface area (Å²) in [4.78, 5) is 5.52. The van der Waals surface area contributed by atoms with Gasteiger partial charge in [0.25, 0.3) is 0 Å². The molecule has 0 aliphatic heterocycles. The van der Waals surface area contributed by atoms with Crippen LogP contribution in [-0.4, -0.2) is 23.3 Å². The van der Waals surface area contributed by atoms with Crippen molar-refractivity contribution in [1.29, 1.82) is 0 Å². The fraction of sp³-hybridized carbons (Fsp3) is 0. The highest BCUT2D eigenvalue weighted by atomic mass is 15.1. The van der Waals surface area contributed by atoms with Crippen LogP contribution < -0.4 is 0 Å². The first-order valence-electron chi connectivity index (χ1n) is 27.3. The maximum absolute atomic E-state index is 9.59. The number of pyridine rings is 1. The van der Waals surface area contributed by atoms with E-state index in [9.17, 15) is 5.48 Å². The first kappa shape index (κ1) is 31.5. The van der Waals surface area contributed by atoms with Gasteiger partial charge in [-0.3, -0.25) is 9.13 Å². The van der Waals surface area contributed by atoms with E-state index in [0.717, 1.165) is 93.5 Å². The zero-order chi connectivity index (χ0) is 52.8. The lowest BCUT2D eigenvalue weighted by molar-refractivity contribution is 1.01. The van der Waals surface area contributed by atoms with Crippen LogP contribution in [0.15, 0.2) is 249 Å². The van der Waals surface area contributed by atoms with Crippen molar-refractivity contribution in [2.45, 2.75) is 0 Å². The number of nitrogens with zero attached hydrogens (tertiary/aromatic N) is 5. The minimum atomic E-state index is -0.515. The molecule has 0 radical (unpaired) electrons. The van der Waals surface area contributed by atoms with E-state index in [1.807, 2.05) is 36.4 Å². The highest BCUT2D eigenvalue weighted by Gasteiger charge is 2.25. The van der Waals surface area contributed by atoms with E-state index in [1.54, 1.807) is 0 Å². The second-order valence-corrected chi connectivity index (χ2v) is 17.7. The topological polar surface area (TPSA) is 32.6 Å². The molecule has 326 valence electrons. The number of aromatic nitrogens is 5. The van der Waals surface area contributed by atoms with Gasteiger partial charge in [0.05, 0.1) is 60.8 Å². The van der Waals surface area contributed by atoms with Gasteiger partial charge in [0.1, 0.15) is 11.6 Å². The summed E-state index contributed by atoms with van der Waals surface area (Å²) in [6, 6.07) is 65.0. The van der Waals surface area contributed by atoms with Gasteiger partial charge < -0.3 is 9.13 Å². The molecular weight excluding hydrogens is 851 g/mol. The highest BCUT2D eigenvalue weighted by molar-refractivity contribution is 6.18. The molecule has 0 saturated heterocycles. The Morgan fingerprint density at radius 2 is 0.743 bits per heavy atom. The molecule has 15 rings (SSSR count). The van der Waals surface area contributed by atoms with Gasteiger partial charge in [-0.2, -0.15) is 0 Å². The standard InChI is InChI=1S/C65H41N5/c1-2-20-43(21-3-1)67-59-37-17-10-28-52(59)65-51(30-19-39-61(65)67)50-29-18-38-60(68-53-31-11-4-22-44(53)45-23-5-12-32-54(45)68)64(50)42-40-62(69-55-33-13-6-24-46(55)47-25-7-14-34-56(47)69)66-63(41-42)70-57-35-15-8-26-48(57)49-27-9-16-36-58(49)70/h1-41H/i6D,7D,13D,14D,24D,25D,33D,34D. The lowest BCUT2D eigenvalue weighted by atomic mass is 9.90. The monoisotopic (exact) mass is 899 g/mol. The van der Waals surface area contributed by atoms with E-state index in [2.05, 4.69) is 177 Å². The maximum atomic E-state index is 9.59. The number of rotatable bonds is 6. The average molecular weight is 900 g/mol. The lowest BCUT2D eigenvalue weighted by Crippen LogP contribution is -2.06. The average Bonchev–Trinajstić information content (AvgIpc) is 4.26. The third kappa shape index (κ3) is 5.51. The van der Waals surface area contributed by atoms with Crippen LogP contribution in [0, 0.1) is 0 Å². The van der Waals surface area contributed by atoms with Crippen molar-refractivity contribution in [2.24, 2.45) is 0 Å². The lowest BCUT2D eigenvalue weighted by Gasteiger charge is -2.21. The molecule has 5 nitrogen and oxygen atoms in total. The molecule has 0 saturated carbocycles. The number of para-hydroxylation sites is 8. The summed E-state index contributed by atoms with van der Waals surface area (Å²) in [5.41, 5.74) is 11.0. The smallest absolute Gasteiger partial charge is 0.140 e. The molecule has 0 amide bonds. The zero-order valence-electron chi connectivity index (χ0n) is 45.3. The van der Waals surface area contributed by atoms with Crippen LogP contribution in [0.4, 0.5) is 0 Å². The molecule has 0 aliphatic carbocycles. The van der Waals surface area contributed by atoms with Gasteiger partial charge >= 0.3 is 0 Å². The second-order valence-electron chi connectivity index (χ2n) is 17.7. The van der Waals surface area contributed by atoms with Crippen LogP contribution in [0.2, 0.25) is 0 Å². The molecule has 5 aromatic heterocycles. The van der Waals surface area contributed by atoms with E-state index in [4.69, 9.17) is 10.5 Å². The molecule has 10 aromatic carbocycles. The summed E-state index contributed by atoms with van der Waals surface area (Å²) in [6.45, 7) is 0. The molecular formula is C65H41N5. The van der Waals surface area contributed by atoms with Gasteiger partial charge in [-0.25, -0.2) is 4.98 Å². The minimum absolute atomic E-state index is 0.0183. The Morgan fingerprint density at radius 1 is 0.314 bits per heavy atom. The van der Waals surface area contributed by atoms with Gasteiger partial charge in [0, 0.05) is 54.3 Å². The summed E-state index contributed by atoms with van der Waals surface area (Å²) in [5, 5.41) is 6.20. The van der Waals surface area contributed by atoms with Crippen LogP contribution in [0.25, 0.3) is 132 Å². The maximum Gasteiger partial charge on any atom is 0.140 e. The van der Waals surface area contributed by atoms with Gasteiger partial charge in [0.15, 0.2) is 0 Å². The summed E-state index contributed by atoms with van der Waals surface area (Å²) in [5.74, 6) is 0.653. The third-order valence-electron chi connectivity index (χ3n) is 14.0. The first-order chi connectivity index (χ1) is 38.1. The Kier molecular flexibility index (Phi) is 6.76. The van der Waals surface area contributed by atoms with Crippen LogP contribution in [-0.2, 0) is 0 Å². The van der Waals surface area contributed by atoms with E-state index in [0.29, 0.717) is 11.4 Å². The molecule has 0 fully saturated rings. The normalized spacial score (nSPS) is 13.6. The Balaban J connectivity index is 1.16. The quantitative estimate of drug-likeness (QED) is 0.164. The number of benzene rings is 10. The molecule has 0 aliphatic rings. The fourth-order valence-electron chi connectivity index (χ4n) is 11.2. The van der Waals surface area contributed by atoms with Gasteiger partial charge in [-0.1, -0.05) is 170 Å². The molecule has 5 heterocycles. The first-order valence-corrected chi connectivity index (χ1v) is 23.3. The van der Waals surface area contributed by atoms with Gasteiger partial charge in [-0.05, 0) is 95.5 Å². The Labute approximate surface area is 413 Å². The van der Waals surface area contributed by atoms with Gasteiger partial charge in [0.2, 0.25) is 0 Å². The third-order valence-corrected chi connectivity index (χ3v) is 14.0. The molecule has 0 bridgehead atoms. The van der Waals surface area contributed by atoms with Gasteiger partial charge in [-0.15, -0.1) is 0 Å². The van der Waals surface area contributed by atoms with Crippen LogP contribution in [0.1, 0.15) is 11.0 Å². The van der Waals surface area contributed by atoms with Crippen molar-refractivity contribution in [3.63, 3.8) is 0 Å². The van der Waals surface area contributed by atoms with Crippen LogP contribution >= 0.6 is 0 Å². The van der Waals surface area contributed by atoms with Crippen LogP contribution in [0.3, 0.4) is 0 Å². The molecule has 0 N–H and O–H groups in total. The van der Waals surface area contributed by atoms with Crippen LogP contribution in [0.5, 0.6) is 0 Å². The van der Waals surface area contributed by atoms with E-state index in [1.165, 1.54) is 4.57 Å². The summed E-state index contributed by atoms with van der Waals surface area (Å²) < 4.78 is 81.9. The number of hydrogen-bond acceptors (Lipinski definition) is 1. The van der Waals surface area contributed by atoms with E-state index < -0.39 is 48.3 Å². The van der Waals surface area contributed by atoms with E-state index in [-0.39, 0.29) is 27.6 Å². The van der Waals surface area contributed by atoms with Crippen molar-refractivity contribution >= 4 is 87.2 Å². The molecule has 0 spiro atoms. The van der Waals surface area contributed by atoms with E-state index >= 15 is 0 Å². The van der Waals surface area contributed by atoms with Crippen molar-refractivity contribution in [3.8, 4) is 45.3 Å². The largest absolute Gasteiger partial charge is 0.309 e. The predicted molar refractivity (Wildman–Crippen MR) is 292 cm³/mol. The number of fused-ring (bicyclic) bond motifs is 12. The molecule has 0 atom stereocenters. The van der Waals surface area contributed by atoms with Crippen molar-refractivity contribution in [2.75, 3.05) is 0 Å². The summed E-state index contributed by atoms with van der Waals surface area (Å²) >= 11 is 0. The SMILES string of the molecule is [2H]c1c([2H])c([2H])c2c(c1[2H])c1c([2H])c([2H])c([2H])c([2H])c1n2-c1cc(-c2c(-c3cccc4c3c3ccccc3n4-c3ccccc3)cccc2-n2c3ccccc3c3ccccc32)cc(-n2c3ccccc3c3ccccc32)n1. The Hall–Kier alpha value is -9.45. The molecule has 70 heavy (non-hydrogen) atoms. The Morgan fingerprint density at radius 3 is 1.31 bits per heavy atom. The highest BCUT2D eigenvalue weighted by Crippen LogP contribution is 2.47.